The molecule has 0 fully saturated rings. The van der Waals surface area contributed by atoms with Crippen molar-refractivity contribution in [2.45, 2.75) is 19.5 Å². The Bertz CT molecular complexity index is 1280. The van der Waals surface area contributed by atoms with Crippen molar-refractivity contribution in [1.82, 2.24) is 4.98 Å². The molecule has 0 aliphatic rings. The first kappa shape index (κ1) is 21.6. The molecule has 0 N–H and O–H groups in total. The van der Waals surface area contributed by atoms with Crippen LogP contribution in [0.2, 0.25) is 0 Å². The molecule has 3 aromatic carbocycles. The molecule has 1 heterocycles. The van der Waals surface area contributed by atoms with Gasteiger partial charge in [0.05, 0.1) is 17.5 Å². The summed E-state index contributed by atoms with van der Waals surface area (Å²) in [6.07, 6.45) is -3.12. The van der Waals surface area contributed by atoms with E-state index >= 15 is 0 Å². The van der Waals surface area contributed by atoms with E-state index in [1.165, 1.54) is 12.3 Å². The summed E-state index contributed by atoms with van der Waals surface area (Å²) in [6, 6.07) is 20.7. The summed E-state index contributed by atoms with van der Waals surface area (Å²) in [5.41, 5.74) is 2.73. The van der Waals surface area contributed by atoms with E-state index in [1.807, 2.05) is 61.5 Å². The van der Waals surface area contributed by atoms with Crippen molar-refractivity contribution >= 4 is 22.5 Å². The minimum Gasteiger partial charge on any atom is -0.315 e. The number of aryl methyl sites for hydroxylation is 1. The van der Waals surface area contributed by atoms with Gasteiger partial charge in [-0.2, -0.15) is 13.2 Å². The number of hydrogen-bond acceptors (Lipinski definition) is 2. The lowest BCUT2D eigenvalue weighted by molar-refractivity contribution is -0.136. The Morgan fingerprint density at radius 3 is 2.31 bits per heavy atom. The van der Waals surface area contributed by atoms with Gasteiger partial charge in [-0.25, -0.2) is 0 Å². The number of hydrogen-bond donors (Lipinski definition) is 0. The van der Waals surface area contributed by atoms with Gasteiger partial charge in [-0.3, -0.25) is 9.78 Å². The number of carbonyl (C=O) groups excluding carboxylic acids is 1. The summed E-state index contributed by atoms with van der Waals surface area (Å²) >= 11 is 0. The van der Waals surface area contributed by atoms with Gasteiger partial charge in [-0.1, -0.05) is 60.7 Å². The highest BCUT2D eigenvalue weighted by Crippen LogP contribution is 2.38. The smallest absolute Gasteiger partial charge is 0.315 e. The first-order chi connectivity index (χ1) is 15.3. The van der Waals surface area contributed by atoms with Crippen molar-refractivity contribution in [3.63, 3.8) is 0 Å². The highest BCUT2D eigenvalue weighted by molar-refractivity contribution is 6.01. The zero-order valence-electron chi connectivity index (χ0n) is 17.6. The van der Waals surface area contributed by atoms with E-state index in [4.69, 9.17) is 0 Å². The number of aromatic nitrogens is 1. The number of alkyl halides is 3. The van der Waals surface area contributed by atoms with Crippen LogP contribution in [0, 0.1) is 6.92 Å². The molecular weight excluding hydrogens is 413 g/mol. The highest BCUT2D eigenvalue weighted by Gasteiger charge is 2.33. The van der Waals surface area contributed by atoms with E-state index in [9.17, 15) is 18.0 Å². The average Bonchev–Trinajstić information content (AvgIpc) is 2.78. The fraction of sp³-hybridized carbons (Fsp3) is 0.154. The predicted molar refractivity (Wildman–Crippen MR) is 120 cm³/mol. The van der Waals surface area contributed by atoms with Crippen molar-refractivity contribution < 1.29 is 18.0 Å². The Labute approximate surface area is 184 Å². The maximum Gasteiger partial charge on any atom is 0.418 e. The number of amides is 1. The molecule has 0 bridgehead atoms. The third-order valence-electron chi connectivity index (χ3n) is 5.54. The first-order valence-electron chi connectivity index (χ1n) is 10.1. The van der Waals surface area contributed by atoms with Gasteiger partial charge in [-0.05, 0) is 41.3 Å². The van der Waals surface area contributed by atoms with Crippen LogP contribution in [0.3, 0.4) is 0 Å². The van der Waals surface area contributed by atoms with Gasteiger partial charge >= 0.3 is 6.18 Å². The van der Waals surface area contributed by atoms with Crippen LogP contribution in [0.4, 0.5) is 18.9 Å². The van der Waals surface area contributed by atoms with Gasteiger partial charge in [0, 0.05) is 24.3 Å². The van der Waals surface area contributed by atoms with E-state index in [0.717, 1.165) is 22.9 Å². The number of fused-ring (bicyclic) bond motifs is 1. The van der Waals surface area contributed by atoms with Crippen LogP contribution in [0.15, 0.2) is 79.0 Å². The molecule has 0 aliphatic heterocycles. The van der Waals surface area contributed by atoms with Gasteiger partial charge in [0.25, 0.3) is 0 Å². The van der Waals surface area contributed by atoms with Gasteiger partial charge in [0.1, 0.15) is 0 Å². The third kappa shape index (κ3) is 4.08. The maximum atomic E-state index is 13.6. The van der Waals surface area contributed by atoms with E-state index < -0.39 is 11.7 Å². The lowest BCUT2D eigenvalue weighted by Gasteiger charge is -2.21. The molecule has 6 heteroatoms. The van der Waals surface area contributed by atoms with Gasteiger partial charge in [0.15, 0.2) is 0 Å². The number of nitrogens with zero attached hydrogens (tertiary/aromatic N) is 2. The van der Waals surface area contributed by atoms with Crippen molar-refractivity contribution in [2.75, 3.05) is 11.9 Å². The number of halogens is 3. The fourth-order valence-corrected chi connectivity index (χ4v) is 3.93. The second-order valence-corrected chi connectivity index (χ2v) is 7.64. The lowest BCUT2D eigenvalue weighted by atomic mass is 9.93. The predicted octanol–water partition coefficient (Wildman–Crippen LogP) is 6.43. The molecule has 0 radical (unpaired) electrons. The molecule has 0 saturated carbocycles. The average molecular weight is 434 g/mol. The minimum atomic E-state index is -4.52. The van der Waals surface area contributed by atoms with Crippen molar-refractivity contribution in [2.24, 2.45) is 0 Å². The Morgan fingerprint density at radius 2 is 1.62 bits per heavy atom. The van der Waals surface area contributed by atoms with E-state index in [0.29, 0.717) is 16.5 Å². The molecular formula is C26H21F3N2O. The molecule has 0 atom stereocenters. The van der Waals surface area contributed by atoms with Crippen molar-refractivity contribution in [3.8, 4) is 11.1 Å². The summed E-state index contributed by atoms with van der Waals surface area (Å²) in [4.78, 5) is 18.8. The standard InChI is InChI=1S/C26H21F3N2O/c1-17-9-6-7-14-22(17)31(2)23(32)15-19-16-30-25-20(12-8-13-21(25)26(27,28)29)24(19)18-10-4-3-5-11-18/h3-14,16H,15H2,1-2H3. The normalized spacial score (nSPS) is 11.5. The largest absolute Gasteiger partial charge is 0.418 e. The molecule has 0 aliphatic carbocycles. The monoisotopic (exact) mass is 434 g/mol. The second kappa shape index (κ2) is 8.46. The molecule has 1 aromatic heterocycles. The number of carbonyl (C=O) groups is 1. The molecule has 3 nitrogen and oxygen atoms in total. The molecule has 0 unspecified atom stereocenters. The quantitative estimate of drug-likeness (QED) is 0.371. The number of likely N-dealkylation sites (N-methyl/N-ethyl adjacent to an activating group) is 1. The van der Waals surface area contributed by atoms with Crippen LogP contribution < -0.4 is 4.90 Å². The van der Waals surface area contributed by atoms with E-state index in [2.05, 4.69) is 4.98 Å². The van der Waals surface area contributed by atoms with E-state index in [1.54, 1.807) is 18.0 Å². The Hall–Kier alpha value is -3.67. The summed E-state index contributed by atoms with van der Waals surface area (Å²) in [7, 11) is 1.70. The molecule has 32 heavy (non-hydrogen) atoms. The minimum absolute atomic E-state index is 0.00818. The van der Waals surface area contributed by atoms with Crippen LogP contribution in [0.1, 0.15) is 16.7 Å². The fourth-order valence-electron chi connectivity index (χ4n) is 3.93. The number of pyridine rings is 1. The zero-order valence-corrected chi connectivity index (χ0v) is 17.6. The third-order valence-corrected chi connectivity index (χ3v) is 5.54. The molecule has 0 spiro atoms. The van der Waals surface area contributed by atoms with Crippen molar-refractivity contribution in [1.29, 1.82) is 0 Å². The van der Waals surface area contributed by atoms with Crippen LogP contribution >= 0.6 is 0 Å². The molecule has 1 amide bonds. The van der Waals surface area contributed by atoms with Crippen LogP contribution in [0.5, 0.6) is 0 Å². The van der Waals surface area contributed by atoms with Crippen LogP contribution in [-0.4, -0.2) is 17.9 Å². The number of rotatable bonds is 4. The number of benzene rings is 3. The van der Waals surface area contributed by atoms with Crippen molar-refractivity contribution in [3.05, 3.63) is 95.7 Å². The lowest BCUT2D eigenvalue weighted by Crippen LogP contribution is -2.28. The summed E-state index contributed by atoms with van der Waals surface area (Å²) in [5.74, 6) is -0.176. The number of para-hydroxylation sites is 2. The summed E-state index contributed by atoms with van der Waals surface area (Å²) in [5, 5.41) is 0.370. The Morgan fingerprint density at radius 1 is 0.938 bits per heavy atom. The topological polar surface area (TPSA) is 33.2 Å². The molecule has 162 valence electrons. The molecule has 4 rings (SSSR count). The maximum absolute atomic E-state index is 13.6. The van der Waals surface area contributed by atoms with E-state index in [-0.39, 0.29) is 17.8 Å². The van der Waals surface area contributed by atoms with Crippen LogP contribution in [-0.2, 0) is 17.4 Å². The SMILES string of the molecule is Cc1ccccc1N(C)C(=O)Cc1cnc2c(C(F)(F)F)cccc2c1-c1ccccc1. The zero-order chi connectivity index (χ0) is 22.9. The Balaban J connectivity index is 1.85. The van der Waals surface area contributed by atoms with Gasteiger partial charge in [0.2, 0.25) is 5.91 Å². The number of anilines is 1. The Kier molecular flexibility index (Phi) is 5.70. The highest BCUT2D eigenvalue weighted by atomic mass is 19.4. The first-order valence-corrected chi connectivity index (χ1v) is 10.1. The summed E-state index contributed by atoms with van der Waals surface area (Å²) < 4.78 is 40.8. The molecule has 4 aromatic rings. The second-order valence-electron chi connectivity index (χ2n) is 7.64. The van der Waals surface area contributed by atoms with Gasteiger partial charge < -0.3 is 4.90 Å². The molecule has 0 saturated heterocycles. The summed E-state index contributed by atoms with van der Waals surface area (Å²) in [6.45, 7) is 1.92. The van der Waals surface area contributed by atoms with Gasteiger partial charge in [-0.15, -0.1) is 0 Å². The van der Waals surface area contributed by atoms with Crippen LogP contribution in [0.25, 0.3) is 22.0 Å².